The number of carbonyl (C=O) groups excluding carboxylic acids is 8. The van der Waals surface area contributed by atoms with Gasteiger partial charge in [-0.15, -0.1) is 0 Å². The number of alkyl halides is 3. The van der Waals surface area contributed by atoms with E-state index in [0.717, 1.165) is 107 Å². The predicted molar refractivity (Wildman–Crippen MR) is 374 cm³/mol. The Balaban J connectivity index is 0.000000169. The van der Waals surface area contributed by atoms with Gasteiger partial charge < -0.3 is 0 Å². The minimum atomic E-state index is -4.85. The third kappa shape index (κ3) is 9.46. The van der Waals surface area contributed by atoms with Gasteiger partial charge in [-0.05, 0) is 141 Å². The van der Waals surface area contributed by atoms with Gasteiger partial charge in [-0.3, -0.25) is 58.0 Å². The van der Waals surface area contributed by atoms with Gasteiger partial charge in [-0.2, -0.15) is 13.2 Å². The lowest BCUT2D eigenvalue weighted by Gasteiger charge is -2.34. The first-order valence-electron chi connectivity index (χ1n) is 32.1. The van der Waals surface area contributed by atoms with Crippen molar-refractivity contribution >= 4 is 197 Å². The van der Waals surface area contributed by atoms with Crippen LogP contribution in [0.3, 0.4) is 0 Å². The summed E-state index contributed by atoms with van der Waals surface area (Å²) in [5, 5.41) is 8.25. The van der Waals surface area contributed by atoms with E-state index in [1.54, 1.807) is 32.0 Å². The van der Waals surface area contributed by atoms with Gasteiger partial charge in [0.2, 0.25) is 0 Å². The highest BCUT2D eigenvalue weighted by Crippen LogP contribution is 2.56. The summed E-state index contributed by atoms with van der Waals surface area (Å²) < 4.78 is 48.1. The molecule has 0 saturated heterocycles. The van der Waals surface area contributed by atoms with Crippen molar-refractivity contribution in [2.24, 2.45) is 0 Å². The maximum Gasteiger partial charge on any atom is 0.417 e. The molecule has 0 N–H and O–H groups in total. The van der Waals surface area contributed by atoms with Crippen LogP contribution in [0.1, 0.15) is 226 Å². The van der Waals surface area contributed by atoms with Gasteiger partial charge in [0.1, 0.15) is 0 Å². The highest BCUT2D eigenvalue weighted by atomic mass is 79.9. The summed E-state index contributed by atoms with van der Waals surface area (Å²) in [6, 6.07) is 14.9. The van der Waals surface area contributed by atoms with E-state index in [1.165, 1.54) is 26.8 Å². The molecule has 12 nitrogen and oxygen atoms in total. The second kappa shape index (κ2) is 23.8. The van der Waals surface area contributed by atoms with Crippen molar-refractivity contribution in [1.82, 2.24) is 19.6 Å². The van der Waals surface area contributed by atoms with Gasteiger partial charge in [-0.25, -0.2) is 0 Å². The molecule has 19 heteroatoms. The lowest BCUT2D eigenvalue weighted by atomic mass is 9.79. The van der Waals surface area contributed by atoms with Crippen molar-refractivity contribution in [2.45, 2.75) is 170 Å². The van der Waals surface area contributed by atoms with E-state index in [-0.39, 0.29) is 85.6 Å². The lowest BCUT2D eigenvalue weighted by molar-refractivity contribution is -0.136. The molecule has 0 aromatic heterocycles. The molecule has 0 radical (unpaired) electrons. The molecule has 4 aliphatic heterocycles. The average Bonchev–Trinajstić information content (AvgIpc) is 0.684. The molecule has 4 heterocycles. The Kier molecular flexibility index (Phi) is 16.5. The molecule has 10 aromatic rings. The molecule has 93 heavy (non-hydrogen) atoms. The van der Waals surface area contributed by atoms with Crippen molar-refractivity contribution in [3.8, 4) is 0 Å². The number of carbonyl (C=O) groups is 8. The Morgan fingerprint density at radius 2 is 0.591 bits per heavy atom. The summed E-state index contributed by atoms with van der Waals surface area (Å²) in [7, 11) is 0. The van der Waals surface area contributed by atoms with E-state index < -0.39 is 41.4 Å². The zero-order chi connectivity index (χ0) is 66.6. The number of hydrogen-bond donors (Lipinski definition) is 0. The standard InChI is InChI=1S/C38H35F3N2O4.C36H30Br4N2O4/c1-6-8-10-19(4)42-34(44)23-15-13-22-31-27(38(39,40)41)17-26-30-24(35(45)43(37(26)47)20(5)11-9-7-2)14-12-21(33(30)31)28-18(3)16-25(36(42)46)29(23)32(22)28;1-5-7-9-15(3)41-33(43)17-11-21(37)27-29-23(39)13-19-26-20(36(46)42(35(19)45)16(4)10-8-6-2)14-24(40)30(32(26)29)28-22(38)12-18(34(41)44)25(17)31(27)28/h12-17,19-20H,6-11H2,1-5H3;11-16H,5-10H2,1-4H3. The number of imide groups is 4. The van der Waals surface area contributed by atoms with Crippen molar-refractivity contribution in [3.63, 3.8) is 0 Å². The number of nitrogens with zero attached hydrogens (tertiary/aromatic N) is 4. The normalized spacial score (nSPS) is 16.4. The monoisotopic (exact) mass is 1510 g/mol. The summed E-state index contributed by atoms with van der Waals surface area (Å²) in [4.78, 5) is 117. The van der Waals surface area contributed by atoms with Crippen LogP contribution in [0, 0.1) is 6.92 Å². The van der Waals surface area contributed by atoms with E-state index in [2.05, 4.69) is 77.6 Å². The van der Waals surface area contributed by atoms with Crippen LogP contribution < -0.4 is 0 Å². The van der Waals surface area contributed by atoms with Gasteiger partial charge in [0, 0.05) is 146 Å². The fourth-order valence-electron chi connectivity index (χ4n) is 15.5. The summed E-state index contributed by atoms with van der Waals surface area (Å²) in [5.41, 5.74) is 2.14. The van der Waals surface area contributed by atoms with Gasteiger partial charge in [-0.1, -0.05) is 155 Å². The Morgan fingerprint density at radius 1 is 0.333 bits per heavy atom. The summed E-state index contributed by atoms with van der Waals surface area (Å²) in [6.45, 7) is 17.5. The number of halogens is 7. The SMILES string of the molecule is CCCCC(C)N1C(=O)c2cc(Br)c3c4c(Br)cc5c6c(cc(Br)c(c7c(Br)cc(c2c37)C1=O)c64)C(=O)N(C(C)CCCC)C5=O.CCCCC(C)N1C(=O)c2ccc3c4c(C(F)(F)F)cc5c6c(ccc(c7c(C)cc(c2c37)C1=O)c64)C(=O)N(C(C)CCCC)C5=O. The molecule has 8 amide bonds. The number of aryl methyl sites for hydroxylation is 1. The topological polar surface area (TPSA) is 150 Å². The average molecular weight is 1510 g/mol. The molecule has 4 aliphatic rings. The molecule has 0 spiro atoms. The molecule has 4 unspecified atom stereocenters. The number of hydrogen-bond acceptors (Lipinski definition) is 8. The van der Waals surface area contributed by atoms with Gasteiger partial charge in [0.15, 0.2) is 0 Å². The molecule has 14 rings (SSSR count). The van der Waals surface area contributed by atoms with Crippen LogP contribution in [0.5, 0.6) is 0 Å². The van der Waals surface area contributed by atoms with Crippen LogP contribution >= 0.6 is 63.7 Å². The first kappa shape index (κ1) is 64.8. The van der Waals surface area contributed by atoms with Crippen molar-refractivity contribution in [1.29, 1.82) is 0 Å². The molecule has 478 valence electrons. The molecule has 10 aromatic carbocycles. The largest absolute Gasteiger partial charge is 0.417 e. The van der Waals surface area contributed by atoms with Crippen LogP contribution in [0.15, 0.2) is 78.6 Å². The number of rotatable bonds is 16. The van der Waals surface area contributed by atoms with E-state index in [4.69, 9.17) is 0 Å². The fraction of sp³-hybridized carbons (Fsp3) is 0.351. The van der Waals surface area contributed by atoms with Crippen LogP contribution in [0.4, 0.5) is 13.2 Å². The fourth-order valence-corrected chi connectivity index (χ4v) is 18.0. The zero-order valence-corrected chi connectivity index (χ0v) is 59.1. The number of benzene rings is 10. The quantitative estimate of drug-likeness (QED) is 0.0527. The van der Waals surface area contributed by atoms with Crippen molar-refractivity contribution in [2.75, 3.05) is 0 Å². The summed E-state index contributed by atoms with van der Waals surface area (Å²) >= 11 is 15.3. The van der Waals surface area contributed by atoms with Crippen LogP contribution in [-0.4, -0.2) is 91.0 Å². The lowest BCUT2D eigenvalue weighted by Crippen LogP contribution is -2.46. The highest BCUT2D eigenvalue weighted by Gasteiger charge is 2.46. The number of unbranched alkanes of at least 4 members (excludes halogenated alkanes) is 4. The summed E-state index contributed by atoms with van der Waals surface area (Å²) in [6.07, 6.45) is 4.93. The van der Waals surface area contributed by atoms with E-state index in [0.29, 0.717) is 90.9 Å². The predicted octanol–water partition coefficient (Wildman–Crippen LogP) is 20.6. The Morgan fingerprint density at radius 3 is 0.892 bits per heavy atom. The highest BCUT2D eigenvalue weighted by molar-refractivity contribution is 9.11. The maximum atomic E-state index is 15.1. The molecular formula is C74H65Br4F3N4O8. The van der Waals surface area contributed by atoms with E-state index >= 15 is 13.2 Å². The maximum absolute atomic E-state index is 15.1. The number of amides is 8. The van der Waals surface area contributed by atoms with Crippen molar-refractivity contribution < 1.29 is 51.5 Å². The van der Waals surface area contributed by atoms with E-state index in [1.807, 2.05) is 58.9 Å². The second-order valence-electron chi connectivity index (χ2n) is 25.8. The zero-order valence-electron chi connectivity index (χ0n) is 52.8. The Hall–Kier alpha value is -6.93. The Bertz CT molecular complexity index is 4760. The Labute approximate surface area is 568 Å². The van der Waals surface area contributed by atoms with Crippen molar-refractivity contribution in [3.05, 3.63) is 134 Å². The molecular weight excluding hydrogens is 1450 g/mol. The van der Waals surface area contributed by atoms with Crippen LogP contribution in [-0.2, 0) is 6.18 Å². The van der Waals surface area contributed by atoms with Gasteiger partial charge >= 0.3 is 6.18 Å². The van der Waals surface area contributed by atoms with Crippen LogP contribution in [0.2, 0.25) is 0 Å². The van der Waals surface area contributed by atoms with Gasteiger partial charge in [0.05, 0.1) is 5.56 Å². The van der Waals surface area contributed by atoms with Crippen LogP contribution in [0.25, 0.3) is 86.2 Å². The molecule has 4 atom stereocenters. The van der Waals surface area contributed by atoms with E-state index in [9.17, 15) is 38.4 Å². The first-order chi connectivity index (χ1) is 44.3. The van der Waals surface area contributed by atoms with Gasteiger partial charge in [0.25, 0.3) is 47.3 Å². The smallest absolute Gasteiger partial charge is 0.272 e. The third-order valence-corrected chi connectivity index (χ3v) is 22.5. The first-order valence-corrected chi connectivity index (χ1v) is 35.3. The molecule has 0 saturated carbocycles. The summed E-state index contributed by atoms with van der Waals surface area (Å²) in [5.74, 6) is -3.39. The molecule has 0 fully saturated rings. The molecule has 0 aliphatic carbocycles. The second-order valence-corrected chi connectivity index (χ2v) is 29.2. The minimum absolute atomic E-state index is 0.143. The third-order valence-electron chi connectivity index (χ3n) is 20.0. The minimum Gasteiger partial charge on any atom is -0.272 e. The molecule has 0 bridgehead atoms. The number of fused-ring (bicyclic) bond motifs is 4.